The van der Waals surface area contributed by atoms with Crippen LogP contribution in [0.25, 0.3) is 0 Å². The van der Waals surface area contributed by atoms with Crippen LogP contribution in [0.2, 0.25) is 0 Å². The number of benzene rings is 1. The molecule has 0 radical (unpaired) electrons. The molecule has 0 aliphatic carbocycles. The highest BCUT2D eigenvalue weighted by Gasteiger charge is 2.19. The Morgan fingerprint density at radius 2 is 1.88 bits per heavy atom. The molecule has 0 aromatic heterocycles. The van der Waals surface area contributed by atoms with Crippen LogP contribution < -0.4 is 0 Å². The summed E-state index contributed by atoms with van der Waals surface area (Å²) in [4.78, 5) is 22.2. The van der Waals surface area contributed by atoms with Crippen molar-refractivity contribution in [2.75, 3.05) is 5.88 Å². The lowest BCUT2D eigenvalue weighted by Gasteiger charge is -2.11. The van der Waals surface area contributed by atoms with Gasteiger partial charge in [-0.15, -0.1) is 11.6 Å². The number of hydrogen-bond donors (Lipinski definition) is 2. The highest BCUT2D eigenvalue weighted by atomic mass is 35.5. The van der Waals surface area contributed by atoms with E-state index in [9.17, 15) is 9.59 Å². The number of rotatable bonds is 5. The van der Waals surface area contributed by atoms with Gasteiger partial charge in [0.25, 0.3) is 0 Å². The number of halogens is 1. The summed E-state index contributed by atoms with van der Waals surface area (Å²) in [6.45, 7) is 1.65. The molecule has 2 N–H and O–H groups in total. The van der Waals surface area contributed by atoms with Crippen LogP contribution in [0.3, 0.4) is 0 Å². The molecule has 0 saturated carbocycles. The molecule has 0 atom stereocenters. The van der Waals surface area contributed by atoms with Gasteiger partial charge >= 0.3 is 11.9 Å². The Hall–Kier alpha value is -1.55. The normalized spacial score (nSPS) is 10.2. The van der Waals surface area contributed by atoms with E-state index < -0.39 is 11.9 Å². The van der Waals surface area contributed by atoms with Crippen molar-refractivity contribution >= 4 is 23.5 Å². The van der Waals surface area contributed by atoms with Crippen LogP contribution in [-0.2, 0) is 6.42 Å². The van der Waals surface area contributed by atoms with E-state index in [1.807, 2.05) is 0 Å². The zero-order valence-electron chi connectivity index (χ0n) is 9.36. The highest BCUT2D eigenvalue weighted by molar-refractivity contribution is 6.17. The Kier molecular flexibility index (Phi) is 4.52. The van der Waals surface area contributed by atoms with Gasteiger partial charge in [-0.3, -0.25) is 0 Å². The molecule has 0 bridgehead atoms. The monoisotopic (exact) mass is 256 g/mol. The second-order valence-electron chi connectivity index (χ2n) is 3.69. The lowest BCUT2D eigenvalue weighted by Crippen LogP contribution is -2.12. The van der Waals surface area contributed by atoms with Gasteiger partial charge < -0.3 is 10.2 Å². The second-order valence-corrected chi connectivity index (χ2v) is 4.06. The van der Waals surface area contributed by atoms with Crippen molar-refractivity contribution in [2.45, 2.75) is 19.8 Å². The average Bonchev–Trinajstić information content (AvgIpc) is 2.25. The van der Waals surface area contributed by atoms with E-state index in [2.05, 4.69) is 0 Å². The lowest BCUT2D eigenvalue weighted by atomic mass is 9.93. The summed E-state index contributed by atoms with van der Waals surface area (Å²) in [7, 11) is 0. The largest absolute Gasteiger partial charge is 0.478 e. The van der Waals surface area contributed by atoms with Crippen LogP contribution >= 0.6 is 11.6 Å². The third-order valence-electron chi connectivity index (χ3n) is 2.53. The third-order valence-corrected chi connectivity index (χ3v) is 2.79. The van der Waals surface area contributed by atoms with Crippen molar-refractivity contribution < 1.29 is 19.8 Å². The van der Waals surface area contributed by atoms with E-state index >= 15 is 0 Å². The van der Waals surface area contributed by atoms with E-state index in [-0.39, 0.29) is 11.1 Å². The molecule has 0 aliphatic heterocycles. The van der Waals surface area contributed by atoms with Crippen LogP contribution in [0.5, 0.6) is 0 Å². The second kappa shape index (κ2) is 5.68. The predicted molar refractivity (Wildman–Crippen MR) is 64.1 cm³/mol. The zero-order valence-corrected chi connectivity index (χ0v) is 10.1. The van der Waals surface area contributed by atoms with Crippen LogP contribution in [0.4, 0.5) is 0 Å². The van der Waals surface area contributed by atoms with Crippen molar-refractivity contribution in [2.24, 2.45) is 0 Å². The van der Waals surface area contributed by atoms with E-state index in [4.69, 9.17) is 21.8 Å². The van der Waals surface area contributed by atoms with Gasteiger partial charge in [0, 0.05) is 5.88 Å². The zero-order chi connectivity index (χ0) is 13.0. The minimum Gasteiger partial charge on any atom is -0.478 e. The Morgan fingerprint density at radius 1 is 1.24 bits per heavy atom. The van der Waals surface area contributed by atoms with Gasteiger partial charge in [-0.05, 0) is 37.0 Å². The molecule has 4 nitrogen and oxygen atoms in total. The molecular weight excluding hydrogens is 244 g/mol. The van der Waals surface area contributed by atoms with Crippen LogP contribution in [0.15, 0.2) is 12.1 Å². The van der Waals surface area contributed by atoms with E-state index in [0.29, 0.717) is 29.8 Å². The molecule has 0 heterocycles. The predicted octanol–water partition coefficient (Wildman–Crippen LogP) is 2.56. The average molecular weight is 257 g/mol. The first kappa shape index (κ1) is 13.5. The fraction of sp³-hybridized carbons (Fsp3) is 0.333. The summed E-state index contributed by atoms with van der Waals surface area (Å²) in [5.41, 5.74) is 1.03. The summed E-state index contributed by atoms with van der Waals surface area (Å²) < 4.78 is 0. The van der Waals surface area contributed by atoms with Gasteiger partial charge in [-0.1, -0.05) is 6.07 Å². The lowest BCUT2D eigenvalue weighted by molar-refractivity contribution is 0.0695. The van der Waals surface area contributed by atoms with Gasteiger partial charge in [0.2, 0.25) is 0 Å². The van der Waals surface area contributed by atoms with E-state index in [1.54, 1.807) is 6.92 Å². The van der Waals surface area contributed by atoms with Gasteiger partial charge in [-0.2, -0.15) is 0 Å². The molecule has 1 aromatic carbocycles. The Bertz CT molecular complexity index is 454. The highest BCUT2D eigenvalue weighted by Crippen LogP contribution is 2.21. The first-order valence-electron chi connectivity index (χ1n) is 5.14. The topological polar surface area (TPSA) is 74.6 Å². The summed E-state index contributed by atoms with van der Waals surface area (Å²) in [5.74, 6) is -1.85. The first-order chi connectivity index (χ1) is 7.99. The molecule has 17 heavy (non-hydrogen) atoms. The molecular formula is C12H13ClO4. The summed E-state index contributed by atoms with van der Waals surface area (Å²) in [5, 5.41) is 18.2. The number of carboxylic acid groups (broad SMARTS) is 2. The van der Waals surface area contributed by atoms with Crippen LogP contribution in [-0.4, -0.2) is 28.0 Å². The number of alkyl halides is 1. The molecule has 0 aliphatic rings. The summed E-state index contributed by atoms with van der Waals surface area (Å²) in [6.07, 6.45) is 0.903. The van der Waals surface area contributed by atoms with Gasteiger partial charge in [-0.25, -0.2) is 9.59 Å². The minimum atomic E-state index is -1.11. The Labute approximate surface area is 104 Å². The Morgan fingerprint density at radius 3 is 2.35 bits per heavy atom. The number of aryl methyl sites for hydroxylation is 1. The SMILES string of the molecule is Cc1ccc(C(=O)O)c(CCCCl)c1C(=O)O. The molecule has 0 spiro atoms. The molecule has 5 heteroatoms. The van der Waals surface area contributed by atoms with Crippen molar-refractivity contribution in [3.05, 3.63) is 34.4 Å². The molecule has 0 amide bonds. The molecule has 0 unspecified atom stereocenters. The van der Waals surface area contributed by atoms with Crippen LogP contribution in [0, 0.1) is 6.92 Å². The third kappa shape index (κ3) is 2.97. The molecule has 0 saturated heterocycles. The van der Waals surface area contributed by atoms with Crippen molar-refractivity contribution in [1.82, 2.24) is 0 Å². The fourth-order valence-electron chi connectivity index (χ4n) is 1.77. The van der Waals surface area contributed by atoms with Crippen molar-refractivity contribution in [3.8, 4) is 0 Å². The van der Waals surface area contributed by atoms with E-state index in [0.717, 1.165) is 0 Å². The summed E-state index contributed by atoms with van der Waals surface area (Å²) >= 11 is 5.56. The maximum atomic E-state index is 11.2. The van der Waals surface area contributed by atoms with Crippen LogP contribution in [0.1, 0.15) is 38.3 Å². The molecule has 92 valence electrons. The van der Waals surface area contributed by atoms with Gasteiger partial charge in [0.05, 0.1) is 11.1 Å². The quantitative estimate of drug-likeness (QED) is 0.794. The fourth-order valence-corrected chi connectivity index (χ4v) is 1.90. The summed E-state index contributed by atoms with van der Waals surface area (Å²) in [6, 6.07) is 2.95. The van der Waals surface area contributed by atoms with Gasteiger partial charge in [0.15, 0.2) is 0 Å². The minimum absolute atomic E-state index is 0.0399. The first-order valence-corrected chi connectivity index (χ1v) is 5.67. The smallest absolute Gasteiger partial charge is 0.336 e. The molecule has 1 rings (SSSR count). The Balaban J connectivity index is 3.38. The maximum Gasteiger partial charge on any atom is 0.336 e. The number of aromatic carboxylic acids is 2. The number of hydrogen-bond acceptors (Lipinski definition) is 2. The van der Waals surface area contributed by atoms with E-state index in [1.165, 1.54) is 12.1 Å². The standard InChI is InChI=1S/C12H13ClO4/c1-7-4-5-9(11(14)15)8(3-2-6-13)10(7)12(16)17/h4-5H,2-3,6H2,1H3,(H,14,15)(H,16,17). The maximum absolute atomic E-state index is 11.2. The van der Waals surface area contributed by atoms with Crippen molar-refractivity contribution in [3.63, 3.8) is 0 Å². The van der Waals surface area contributed by atoms with Crippen molar-refractivity contribution in [1.29, 1.82) is 0 Å². The molecule has 1 aromatic rings. The van der Waals surface area contributed by atoms with Gasteiger partial charge in [0.1, 0.15) is 0 Å². The number of carboxylic acids is 2. The molecule has 0 fully saturated rings. The number of carbonyl (C=O) groups is 2.